The number of sulfone groups is 1. The van der Waals surface area contributed by atoms with E-state index in [4.69, 9.17) is 5.73 Å². The highest BCUT2D eigenvalue weighted by Crippen LogP contribution is 2.46. The summed E-state index contributed by atoms with van der Waals surface area (Å²) in [5.41, 5.74) is 6.21. The van der Waals surface area contributed by atoms with Gasteiger partial charge >= 0.3 is 12.1 Å². The molecule has 1 fully saturated rings. The molecule has 0 radical (unpaired) electrons. The van der Waals surface area contributed by atoms with Crippen LogP contribution in [0.25, 0.3) is 0 Å². The van der Waals surface area contributed by atoms with Gasteiger partial charge in [-0.3, -0.25) is 9.59 Å². The van der Waals surface area contributed by atoms with Gasteiger partial charge in [0.2, 0.25) is 5.91 Å². The number of hydrogen-bond acceptors (Lipinski definition) is 4. The Kier molecular flexibility index (Phi) is 3.86. The van der Waals surface area contributed by atoms with Crippen LogP contribution in [0.15, 0.2) is 23.1 Å². The number of carbonyl (C=O) groups is 2. The molecule has 1 aromatic carbocycles. The standard InChI is InChI=1S/C15H15F3N2O4S/c16-15(17,18)13(22)20-6-3-9-1-2-11(7-10(9)8-20)25(23,24)14(4-5-14)12(19)21/h1-2,7H,3-6,8H2,(H2,19,21). The number of hydrogen-bond donors (Lipinski definition) is 1. The molecule has 136 valence electrons. The Balaban J connectivity index is 1.94. The van der Waals surface area contributed by atoms with Crippen molar-refractivity contribution in [2.24, 2.45) is 5.73 Å². The van der Waals surface area contributed by atoms with Crippen LogP contribution in [0, 0.1) is 0 Å². The quantitative estimate of drug-likeness (QED) is 0.848. The number of alkyl halides is 3. The molecule has 2 N–H and O–H groups in total. The monoisotopic (exact) mass is 376 g/mol. The lowest BCUT2D eigenvalue weighted by Crippen LogP contribution is -2.43. The second-order valence-electron chi connectivity index (χ2n) is 6.27. The molecule has 0 atom stereocenters. The number of nitrogens with two attached hydrogens (primary N) is 1. The van der Waals surface area contributed by atoms with Crippen molar-refractivity contribution in [2.45, 2.75) is 41.6 Å². The SMILES string of the molecule is NC(=O)C1(S(=O)(=O)c2ccc3c(c2)CN(C(=O)C(F)(F)F)CC3)CC1. The summed E-state index contributed by atoms with van der Waals surface area (Å²) in [7, 11) is -4.03. The van der Waals surface area contributed by atoms with Gasteiger partial charge in [0, 0.05) is 13.1 Å². The van der Waals surface area contributed by atoms with E-state index in [2.05, 4.69) is 0 Å². The molecule has 0 saturated heterocycles. The highest BCUT2D eigenvalue weighted by Gasteiger charge is 2.60. The van der Waals surface area contributed by atoms with Crippen molar-refractivity contribution >= 4 is 21.7 Å². The van der Waals surface area contributed by atoms with Gasteiger partial charge in [0.25, 0.3) is 0 Å². The minimum atomic E-state index is -4.98. The third kappa shape index (κ3) is 2.78. The summed E-state index contributed by atoms with van der Waals surface area (Å²) in [5.74, 6) is -2.89. The molecular weight excluding hydrogens is 361 g/mol. The Hall–Kier alpha value is -2.10. The second kappa shape index (κ2) is 5.45. The normalized spacial score (nSPS) is 19.2. The second-order valence-corrected chi connectivity index (χ2v) is 8.53. The van der Waals surface area contributed by atoms with E-state index in [0.717, 1.165) is 0 Å². The fourth-order valence-corrected chi connectivity index (χ4v) is 4.94. The van der Waals surface area contributed by atoms with Gasteiger partial charge in [0.15, 0.2) is 14.6 Å². The molecule has 3 rings (SSSR count). The smallest absolute Gasteiger partial charge is 0.368 e. The van der Waals surface area contributed by atoms with Gasteiger partial charge in [-0.25, -0.2) is 8.42 Å². The summed E-state index contributed by atoms with van der Waals surface area (Å²) < 4.78 is 61.5. The molecular formula is C15H15F3N2O4S. The van der Waals surface area contributed by atoms with Crippen LogP contribution >= 0.6 is 0 Å². The Morgan fingerprint density at radius 2 is 1.80 bits per heavy atom. The number of nitrogens with zero attached hydrogens (tertiary/aromatic N) is 1. The zero-order valence-electron chi connectivity index (χ0n) is 13.0. The highest BCUT2D eigenvalue weighted by atomic mass is 32.2. The lowest BCUT2D eigenvalue weighted by Gasteiger charge is -2.29. The number of benzene rings is 1. The van der Waals surface area contributed by atoms with Gasteiger partial charge in [-0.2, -0.15) is 13.2 Å². The first kappa shape index (κ1) is 17.7. The topological polar surface area (TPSA) is 97.5 Å². The number of fused-ring (bicyclic) bond motifs is 1. The maximum absolute atomic E-state index is 12.7. The largest absolute Gasteiger partial charge is 0.471 e. The molecule has 2 aliphatic rings. The fourth-order valence-electron chi connectivity index (χ4n) is 3.04. The van der Waals surface area contributed by atoms with Crippen molar-refractivity contribution in [3.8, 4) is 0 Å². The van der Waals surface area contributed by atoms with E-state index in [1.807, 2.05) is 0 Å². The van der Waals surface area contributed by atoms with E-state index in [9.17, 15) is 31.2 Å². The first-order valence-corrected chi connectivity index (χ1v) is 9.00. The third-order valence-electron chi connectivity index (χ3n) is 4.70. The Bertz CT molecular complexity index is 860. The Morgan fingerprint density at radius 1 is 1.16 bits per heavy atom. The van der Waals surface area contributed by atoms with Crippen LogP contribution in [-0.2, 0) is 32.4 Å². The van der Waals surface area contributed by atoms with E-state index >= 15 is 0 Å². The predicted octanol–water partition coefficient (Wildman–Crippen LogP) is 0.925. The minimum Gasteiger partial charge on any atom is -0.368 e. The molecule has 0 spiro atoms. The highest BCUT2D eigenvalue weighted by molar-refractivity contribution is 7.94. The third-order valence-corrected chi connectivity index (χ3v) is 7.21. The van der Waals surface area contributed by atoms with Crippen LogP contribution in [0.5, 0.6) is 0 Å². The van der Waals surface area contributed by atoms with Gasteiger partial charge in [0.1, 0.15) is 0 Å². The van der Waals surface area contributed by atoms with E-state index in [1.54, 1.807) is 0 Å². The van der Waals surface area contributed by atoms with E-state index in [1.165, 1.54) is 18.2 Å². The molecule has 1 saturated carbocycles. The minimum absolute atomic E-state index is 0.0946. The summed E-state index contributed by atoms with van der Waals surface area (Å²) in [4.78, 5) is 23.4. The van der Waals surface area contributed by atoms with E-state index in [-0.39, 0.29) is 37.2 Å². The zero-order valence-corrected chi connectivity index (χ0v) is 13.8. The lowest BCUT2D eigenvalue weighted by atomic mass is 10.00. The predicted molar refractivity (Wildman–Crippen MR) is 80.0 cm³/mol. The molecule has 0 bridgehead atoms. The molecule has 1 aliphatic heterocycles. The Morgan fingerprint density at radius 3 is 2.32 bits per heavy atom. The molecule has 10 heteroatoms. The summed E-state index contributed by atoms with van der Waals surface area (Å²) in [6, 6.07) is 4.08. The summed E-state index contributed by atoms with van der Waals surface area (Å²) in [5, 5.41) is 0. The number of rotatable bonds is 3. The summed E-state index contributed by atoms with van der Waals surface area (Å²) in [6.45, 7) is -0.427. The molecule has 1 aliphatic carbocycles. The first-order chi connectivity index (χ1) is 11.5. The molecule has 1 aromatic rings. The van der Waals surface area contributed by atoms with E-state index < -0.39 is 32.6 Å². The number of carbonyl (C=O) groups excluding carboxylic acids is 2. The molecule has 2 amide bonds. The van der Waals surface area contributed by atoms with Crippen molar-refractivity contribution < 1.29 is 31.2 Å². The van der Waals surface area contributed by atoms with Crippen LogP contribution in [0.2, 0.25) is 0 Å². The van der Waals surface area contributed by atoms with Gasteiger partial charge in [-0.1, -0.05) is 6.07 Å². The van der Waals surface area contributed by atoms with Crippen LogP contribution in [0.4, 0.5) is 13.2 Å². The van der Waals surface area contributed by atoms with Crippen LogP contribution in [0.1, 0.15) is 24.0 Å². The van der Waals surface area contributed by atoms with Crippen molar-refractivity contribution in [2.75, 3.05) is 6.54 Å². The number of amides is 2. The lowest BCUT2D eigenvalue weighted by molar-refractivity contribution is -0.186. The average molecular weight is 376 g/mol. The van der Waals surface area contributed by atoms with Crippen LogP contribution in [-0.4, -0.2) is 42.6 Å². The molecule has 1 heterocycles. The molecule has 25 heavy (non-hydrogen) atoms. The van der Waals surface area contributed by atoms with Gasteiger partial charge in [-0.05, 0) is 42.5 Å². The molecule has 6 nitrogen and oxygen atoms in total. The zero-order chi connectivity index (χ0) is 18.6. The maximum Gasteiger partial charge on any atom is 0.471 e. The maximum atomic E-state index is 12.7. The fraction of sp³-hybridized carbons (Fsp3) is 0.467. The average Bonchev–Trinajstić information content (AvgIpc) is 3.34. The van der Waals surface area contributed by atoms with Gasteiger partial charge in [0.05, 0.1) is 4.90 Å². The Labute approximate surface area is 141 Å². The van der Waals surface area contributed by atoms with Crippen LogP contribution < -0.4 is 5.73 Å². The van der Waals surface area contributed by atoms with Gasteiger partial charge < -0.3 is 10.6 Å². The number of primary amides is 1. The van der Waals surface area contributed by atoms with Crippen molar-refractivity contribution in [3.63, 3.8) is 0 Å². The first-order valence-electron chi connectivity index (χ1n) is 7.51. The van der Waals surface area contributed by atoms with E-state index in [0.29, 0.717) is 16.0 Å². The summed E-state index contributed by atoms with van der Waals surface area (Å²) >= 11 is 0. The van der Waals surface area contributed by atoms with Crippen molar-refractivity contribution in [3.05, 3.63) is 29.3 Å². The molecule has 0 unspecified atom stereocenters. The summed E-state index contributed by atoms with van der Waals surface area (Å²) in [6.07, 6.45) is -4.54. The van der Waals surface area contributed by atoms with Crippen molar-refractivity contribution in [1.29, 1.82) is 0 Å². The number of halogens is 3. The van der Waals surface area contributed by atoms with Gasteiger partial charge in [-0.15, -0.1) is 0 Å². The van der Waals surface area contributed by atoms with Crippen molar-refractivity contribution in [1.82, 2.24) is 4.90 Å². The molecule has 0 aromatic heterocycles. The van der Waals surface area contributed by atoms with Crippen LogP contribution in [0.3, 0.4) is 0 Å².